The number of benzene rings is 2. The van der Waals surface area contributed by atoms with E-state index in [-0.39, 0.29) is 17.2 Å². The third-order valence-corrected chi connectivity index (χ3v) is 3.46. The predicted octanol–water partition coefficient (Wildman–Crippen LogP) is 3.56. The van der Waals surface area contributed by atoms with Gasteiger partial charge in [-0.15, -0.1) is 0 Å². The normalized spacial score (nSPS) is 10.1. The summed E-state index contributed by atoms with van der Waals surface area (Å²) in [5, 5.41) is 12.5. The molecular weight excluding hydrogens is 341 g/mol. The fraction of sp³-hybridized carbons (Fsp3) is 0.0714. The number of aromatic hydroxyl groups is 1. The maximum atomic E-state index is 12.0. The number of hydrogen-bond donors (Lipinski definition) is 2. The van der Waals surface area contributed by atoms with Gasteiger partial charge in [0, 0.05) is 3.57 Å². The van der Waals surface area contributed by atoms with Crippen molar-refractivity contribution in [1.29, 1.82) is 0 Å². The summed E-state index contributed by atoms with van der Waals surface area (Å²) in [6, 6.07) is 12.5. The zero-order valence-electron chi connectivity index (χ0n) is 9.77. The minimum absolute atomic E-state index is 0.00145. The number of carbonyl (C=O) groups is 1. The van der Waals surface area contributed by atoms with E-state index in [1.807, 2.05) is 31.2 Å². The highest BCUT2D eigenvalue weighted by molar-refractivity contribution is 14.1. The van der Waals surface area contributed by atoms with Crippen LogP contribution in [-0.4, -0.2) is 11.0 Å². The minimum atomic E-state index is -0.309. The fourth-order valence-corrected chi connectivity index (χ4v) is 2.11. The molecule has 3 nitrogen and oxygen atoms in total. The number of carbonyl (C=O) groups excluding carboxylic acids is 1. The first-order chi connectivity index (χ1) is 8.58. The van der Waals surface area contributed by atoms with Crippen molar-refractivity contribution in [3.05, 3.63) is 57.2 Å². The number of anilines is 1. The van der Waals surface area contributed by atoms with Crippen LogP contribution in [0.3, 0.4) is 0 Å². The Morgan fingerprint density at radius 2 is 1.94 bits per heavy atom. The summed E-state index contributed by atoms with van der Waals surface area (Å²) in [5.74, 6) is -0.310. The lowest BCUT2D eigenvalue weighted by Crippen LogP contribution is -2.12. The van der Waals surface area contributed by atoms with Gasteiger partial charge in [-0.2, -0.15) is 0 Å². The molecule has 0 aliphatic rings. The number of hydrogen-bond acceptors (Lipinski definition) is 2. The average molecular weight is 353 g/mol. The van der Waals surface area contributed by atoms with Crippen molar-refractivity contribution >= 4 is 34.2 Å². The SMILES string of the molecule is Cc1ccc(C(=O)Nc2ccccc2I)c(O)c1. The predicted molar refractivity (Wildman–Crippen MR) is 80.0 cm³/mol. The molecule has 0 atom stereocenters. The average Bonchev–Trinajstić information content (AvgIpc) is 2.32. The van der Waals surface area contributed by atoms with Crippen LogP contribution in [0.2, 0.25) is 0 Å². The van der Waals surface area contributed by atoms with E-state index in [4.69, 9.17) is 0 Å². The van der Waals surface area contributed by atoms with Crippen molar-refractivity contribution in [3.8, 4) is 5.75 Å². The fourth-order valence-electron chi connectivity index (χ4n) is 1.59. The van der Waals surface area contributed by atoms with Crippen LogP contribution in [0.25, 0.3) is 0 Å². The summed E-state index contributed by atoms with van der Waals surface area (Å²) in [4.78, 5) is 12.0. The monoisotopic (exact) mass is 353 g/mol. The Morgan fingerprint density at radius 3 is 2.61 bits per heavy atom. The van der Waals surface area contributed by atoms with Crippen molar-refractivity contribution in [2.45, 2.75) is 6.92 Å². The molecule has 0 saturated heterocycles. The summed E-state index contributed by atoms with van der Waals surface area (Å²) in [6.45, 7) is 1.86. The quantitative estimate of drug-likeness (QED) is 0.812. The first kappa shape index (κ1) is 12.9. The molecule has 2 N–H and O–H groups in total. The molecule has 0 bridgehead atoms. The van der Waals surface area contributed by atoms with Gasteiger partial charge in [-0.25, -0.2) is 0 Å². The van der Waals surface area contributed by atoms with Crippen LogP contribution in [0.1, 0.15) is 15.9 Å². The molecule has 2 rings (SSSR count). The van der Waals surface area contributed by atoms with Gasteiger partial charge in [0.2, 0.25) is 0 Å². The number of halogens is 1. The van der Waals surface area contributed by atoms with Crippen LogP contribution in [0.15, 0.2) is 42.5 Å². The van der Waals surface area contributed by atoms with Gasteiger partial charge in [0.25, 0.3) is 5.91 Å². The van der Waals surface area contributed by atoms with E-state index >= 15 is 0 Å². The molecule has 0 radical (unpaired) electrons. The molecule has 92 valence electrons. The van der Waals surface area contributed by atoms with Gasteiger partial charge in [0.1, 0.15) is 5.75 Å². The highest BCUT2D eigenvalue weighted by atomic mass is 127. The zero-order valence-corrected chi connectivity index (χ0v) is 11.9. The largest absolute Gasteiger partial charge is 0.507 e. The van der Waals surface area contributed by atoms with E-state index in [1.54, 1.807) is 18.2 Å². The van der Waals surface area contributed by atoms with Crippen molar-refractivity contribution < 1.29 is 9.90 Å². The molecule has 0 aliphatic heterocycles. The summed E-state index contributed by atoms with van der Waals surface area (Å²) in [6.07, 6.45) is 0. The van der Waals surface area contributed by atoms with E-state index in [2.05, 4.69) is 27.9 Å². The van der Waals surface area contributed by atoms with Crippen LogP contribution in [0.5, 0.6) is 5.75 Å². The number of nitrogens with one attached hydrogen (secondary N) is 1. The zero-order chi connectivity index (χ0) is 13.1. The second-order valence-electron chi connectivity index (χ2n) is 3.95. The molecule has 0 fully saturated rings. The summed E-state index contributed by atoms with van der Waals surface area (Å²) >= 11 is 2.15. The molecule has 2 aromatic rings. The molecule has 1 amide bonds. The van der Waals surface area contributed by atoms with Gasteiger partial charge >= 0.3 is 0 Å². The van der Waals surface area contributed by atoms with E-state index in [1.165, 1.54) is 0 Å². The Balaban J connectivity index is 2.25. The Labute approximate surface area is 119 Å². The Hall–Kier alpha value is -1.56. The van der Waals surface area contributed by atoms with Crippen molar-refractivity contribution in [2.75, 3.05) is 5.32 Å². The van der Waals surface area contributed by atoms with Crippen molar-refractivity contribution in [3.63, 3.8) is 0 Å². The van der Waals surface area contributed by atoms with Crippen molar-refractivity contribution in [1.82, 2.24) is 0 Å². The standard InChI is InChI=1S/C14H12INO2/c1-9-6-7-10(13(17)8-9)14(18)16-12-5-3-2-4-11(12)15/h2-8,17H,1H3,(H,16,18). The number of phenols is 1. The van der Waals surface area contributed by atoms with Gasteiger partial charge in [-0.3, -0.25) is 4.79 Å². The van der Waals surface area contributed by atoms with Gasteiger partial charge in [-0.05, 0) is 59.3 Å². The van der Waals surface area contributed by atoms with Crippen LogP contribution in [0.4, 0.5) is 5.69 Å². The molecule has 0 aromatic heterocycles. The summed E-state index contributed by atoms with van der Waals surface area (Å²) in [5.41, 5.74) is 1.93. The second kappa shape index (κ2) is 5.39. The molecule has 18 heavy (non-hydrogen) atoms. The number of para-hydroxylation sites is 1. The van der Waals surface area contributed by atoms with Gasteiger partial charge in [-0.1, -0.05) is 18.2 Å². The Morgan fingerprint density at radius 1 is 1.22 bits per heavy atom. The molecule has 0 heterocycles. The van der Waals surface area contributed by atoms with E-state index in [0.29, 0.717) is 0 Å². The smallest absolute Gasteiger partial charge is 0.259 e. The van der Waals surface area contributed by atoms with Crippen molar-refractivity contribution in [2.24, 2.45) is 0 Å². The number of amides is 1. The van der Waals surface area contributed by atoms with E-state index < -0.39 is 0 Å². The Kier molecular flexibility index (Phi) is 3.86. The number of phenolic OH excluding ortho intramolecular Hbond substituents is 1. The molecule has 0 aliphatic carbocycles. The summed E-state index contributed by atoms with van der Waals surface area (Å²) < 4.78 is 0.954. The molecule has 4 heteroatoms. The topological polar surface area (TPSA) is 49.3 Å². The molecule has 0 unspecified atom stereocenters. The maximum absolute atomic E-state index is 12.0. The van der Waals surface area contributed by atoms with Crippen LogP contribution in [-0.2, 0) is 0 Å². The third-order valence-electron chi connectivity index (χ3n) is 2.52. The first-order valence-electron chi connectivity index (χ1n) is 5.43. The minimum Gasteiger partial charge on any atom is -0.507 e. The van der Waals surface area contributed by atoms with E-state index in [9.17, 15) is 9.90 Å². The first-order valence-corrected chi connectivity index (χ1v) is 6.51. The van der Waals surface area contributed by atoms with Crippen LogP contribution >= 0.6 is 22.6 Å². The highest BCUT2D eigenvalue weighted by Gasteiger charge is 2.12. The second-order valence-corrected chi connectivity index (χ2v) is 5.12. The lowest BCUT2D eigenvalue weighted by molar-refractivity contribution is 0.102. The molecule has 0 saturated carbocycles. The molecule has 2 aromatic carbocycles. The lowest BCUT2D eigenvalue weighted by Gasteiger charge is -2.08. The number of rotatable bonds is 2. The van der Waals surface area contributed by atoms with Gasteiger partial charge in [0.05, 0.1) is 11.3 Å². The van der Waals surface area contributed by atoms with Gasteiger partial charge < -0.3 is 10.4 Å². The van der Waals surface area contributed by atoms with E-state index in [0.717, 1.165) is 14.8 Å². The lowest BCUT2D eigenvalue weighted by atomic mass is 10.1. The van der Waals surface area contributed by atoms with Crippen LogP contribution < -0.4 is 5.32 Å². The van der Waals surface area contributed by atoms with Gasteiger partial charge in [0.15, 0.2) is 0 Å². The number of aryl methyl sites for hydroxylation is 1. The van der Waals surface area contributed by atoms with Crippen LogP contribution in [0, 0.1) is 10.5 Å². The third kappa shape index (κ3) is 2.81. The Bertz CT molecular complexity index is 596. The molecule has 0 spiro atoms. The summed E-state index contributed by atoms with van der Waals surface area (Å²) in [7, 11) is 0. The maximum Gasteiger partial charge on any atom is 0.259 e. The molecular formula is C14H12INO2. The highest BCUT2D eigenvalue weighted by Crippen LogP contribution is 2.22.